The number of rotatable bonds is 7. The first-order chi connectivity index (χ1) is 16.8. The Morgan fingerprint density at radius 1 is 1.06 bits per heavy atom. The van der Waals surface area contributed by atoms with Crippen molar-refractivity contribution in [2.75, 3.05) is 12.8 Å². The number of hydrogen-bond donors (Lipinski definition) is 3. The number of ether oxygens (including phenoxy) is 2. The molecule has 0 unspecified atom stereocenters. The molecule has 1 aliphatic rings. The quantitative estimate of drug-likeness (QED) is 0.454. The number of aromatic nitrogens is 1. The molecule has 186 valence electrons. The zero-order valence-electron chi connectivity index (χ0n) is 20.7. The van der Waals surface area contributed by atoms with Crippen molar-refractivity contribution in [3.63, 3.8) is 0 Å². The number of aryl methyl sites for hydroxylation is 2. The maximum absolute atomic E-state index is 11.3. The summed E-state index contributed by atoms with van der Waals surface area (Å²) < 4.78 is 11.1. The number of primary amides is 1. The fourth-order valence-corrected chi connectivity index (χ4v) is 4.05. The van der Waals surface area contributed by atoms with Crippen molar-refractivity contribution in [3.8, 4) is 16.9 Å². The summed E-state index contributed by atoms with van der Waals surface area (Å²) >= 11 is 0. The highest BCUT2D eigenvalue weighted by Crippen LogP contribution is 2.28. The Morgan fingerprint density at radius 2 is 1.80 bits per heavy atom. The van der Waals surface area contributed by atoms with Gasteiger partial charge in [0.1, 0.15) is 11.6 Å². The summed E-state index contributed by atoms with van der Waals surface area (Å²) in [6.07, 6.45) is 7.27. The van der Waals surface area contributed by atoms with Crippen LogP contribution in [0.4, 0.5) is 5.82 Å². The van der Waals surface area contributed by atoms with Crippen molar-refractivity contribution in [1.29, 1.82) is 0 Å². The van der Waals surface area contributed by atoms with Crippen molar-refractivity contribution < 1.29 is 19.4 Å². The zero-order chi connectivity index (χ0) is 25.4. The van der Waals surface area contributed by atoms with Crippen LogP contribution in [0.2, 0.25) is 0 Å². The Morgan fingerprint density at radius 3 is 2.43 bits per heavy atom. The van der Waals surface area contributed by atoms with E-state index in [2.05, 4.69) is 37.0 Å². The molecule has 0 radical (unpaired) electrons. The van der Waals surface area contributed by atoms with Crippen LogP contribution in [0, 0.1) is 13.8 Å². The maximum Gasteiger partial charge on any atom is 0.252 e. The van der Waals surface area contributed by atoms with Crippen molar-refractivity contribution in [2.24, 2.45) is 5.73 Å². The van der Waals surface area contributed by atoms with E-state index in [0.29, 0.717) is 23.0 Å². The Hall–Kier alpha value is -3.42. The third-order valence-electron chi connectivity index (χ3n) is 6.33. The predicted molar refractivity (Wildman–Crippen MR) is 138 cm³/mol. The molecule has 1 heterocycles. The standard InChI is InChI=1S/C14H15N3O3.C14H20O/c1-20-12-5-8(2-3-9(12)7-18)10-4-11(14(16)19)13(15)17-6-10;1-11-7-8-13(9-12(11)2)10-15-14-5-3-4-6-14/h2-6,18H,7H2,1H3,(H2,15,17)(H2,16,19);7-9,14H,3-6,10H2,1-2H3. The van der Waals surface area contributed by atoms with Gasteiger partial charge in [0.25, 0.3) is 5.91 Å². The molecule has 1 aromatic heterocycles. The number of nitrogens with zero attached hydrogens (tertiary/aromatic N) is 1. The molecule has 7 nitrogen and oxygen atoms in total. The molecule has 7 heteroatoms. The third kappa shape index (κ3) is 7.04. The first-order valence-electron chi connectivity index (χ1n) is 11.8. The van der Waals surface area contributed by atoms with Gasteiger partial charge in [0, 0.05) is 17.3 Å². The van der Waals surface area contributed by atoms with Crippen molar-refractivity contribution in [3.05, 3.63) is 76.5 Å². The topological polar surface area (TPSA) is 121 Å². The van der Waals surface area contributed by atoms with Crippen molar-refractivity contribution in [2.45, 2.75) is 58.8 Å². The first-order valence-corrected chi connectivity index (χ1v) is 11.8. The van der Waals surface area contributed by atoms with Gasteiger partial charge in [-0.2, -0.15) is 0 Å². The van der Waals surface area contributed by atoms with E-state index in [9.17, 15) is 9.90 Å². The maximum atomic E-state index is 11.3. The molecule has 0 bridgehead atoms. The minimum absolute atomic E-state index is 0.0974. The second-order valence-electron chi connectivity index (χ2n) is 8.84. The number of methoxy groups -OCH3 is 1. The Labute approximate surface area is 207 Å². The summed E-state index contributed by atoms with van der Waals surface area (Å²) in [6.45, 7) is 4.98. The number of aliphatic hydroxyl groups is 1. The molecule has 3 aromatic rings. The van der Waals surface area contributed by atoms with Gasteiger partial charge < -0.3 is 26.0 Å². The van der Waals surface area contributed by atoms with E-state index in [0.717, 1.165) is 12.2 Å². The van der Waals surface area contributed by atoms with Crippen LogP contribution in [-0.4, -0.2) is 29.2 Å². The molecule has 0 saturated heterocycles. The average Bonchev–Trinajstić information content (AvgIpc) is 3.38. The van der Waals surface area contributed by atoms with Gasteiger partial charge in [-0.15, -0.1) is 0 Å². The van der Waals surface area contributed by atoms with Crippen LogP contribution in [0.3, 0.4) is 0 Å². The second kappa shape index (κ2) is 12.3. The number of hydrogen-bond acceptors (Lipinski definition) is 6. The van der Waals surface area contributed by atoms with E-state index >= 15 is 0 Å². The van der Waals surface area contributed by atoms with Gasteiger partial charge in [-0.05, 0) is 61.1 Å². The molecule has 0 spiro atoms. The Bertz CT molecular complexity index is 1160. The summed E-state index contributed by atoms with van der Waals surface area (Å²) in [4.78, 5) is 15.2. The summed E-state index contributed by atoms with van der Waals surface area (Å²) in [5, 5.41) is 9.19. The molecule has 1 fully saturated rings. The molecule has 1 saturated carbocycles. The number of aliphatic hydroxyl groups excluding tert-OH is 1. The largest absolute Gasteiger partial charge is 0.496 e. The summed E-state index contributed by atoms with van der Waals surface area (Å²) in [5.41, 5.74) is 17.2. The summed E-state index contributed by atoms with van der Waals surface area (Å²) in [6, 6.07) is 13.5. The lowest BCUT2D eigenvalue weighted by Crippen LogP contribution is -2.14. The van der Waals surface area contributed by atoms with Crippen LogP contribution in [0.5, 0.6) is 5.75 Å². The molecule has 5 N–H and O–H groups in total. The first kappa shape index (κ1) is 26.2. The molecular formula is C28H35N3O4. The number of anilines is 1. The van der Waals surface area contributed by atoms with Crippen LogP contribution in [0.15, 0.2) is 48.7 Å². The summed E-state index contributed by atoms with van der Waals surface area (Å²) in [5.74, 6) is 0.0263. The minimum atomic E-state index is -0.629. The smallest absolute Gasteiger partial charge is 0.252 e. The number of benzene rings is 2. The molecular weight excluding hydrogens is 442 g/mol. The number of nitrogen functional groups attached to an aromatic ring is 1. The van der Waals surface area contributed by atoms with Crippen LogP contribution < -0.4 is 16.2 Å². The molecule has 2 aromatic carbocycles. The average molecular weight is 478 g/mol. The van der Waals surface area contributed by atoms with E-state index in [4.69, 9.17) is 20.9 Å². The highest BCUT2D eigenvalue weighted by molar-refractivity contribution is 5.98. The number of nitrogens with two attached hydrogens (primary N) is 2. The Balaban J connectivity index is 0.000000203. The Kier molecular flexibility index (Phi) is 9.23. The lowest BCUT2D eigenvalue weighted by atomic mass is 10.0. The van der Waals surface area contributed by atoms with E-state index in [1.54, 1.807) is 30.5 Å². The van der Waals surface area contributed by atoms with Crippen molar-refractivity contribution >= 4 is 11.7 Å². The van der Waals surface area contributed by atoms with Crippen molar-refractivity contribution in [1.82, 2.24) is 4.98 Å². The molecule has 0 aliphatic heterocycles. The van der Waals surface area contributed by atoms with Crippen LogP contribution in [0.1, 0.15) is 58.3 Å². The van der Waals surface area contributed by atoms with E-state index in [1.807, 2.05) is 0 Å². The second-order valence-corrected chi connectivity index (χ2v) is 8.84. The van der Waals surface area contributed by atoms with E-state index in [1.165, 1.54) is 49.5 Å². The van der Waals surface area contributed by atoms with Gasteiger partial charge >= 0.3 is 0 Å². The molecule has 1 amide bonds. The normalized spacial score (nSPS) is 13.3. The number of carbonyl (C=O) groups excluding carboxylic acids is 1. The fraction of sp³-hybridized carbons (Fsp3) is 0.357. The fourth-order valence-electron chi connectivity index (χ4n) is 4.05. The van der Waals surface area contributed by atoms with Gasteiger partial charge in [-0.25, -0.2) is 4.98 Å². The lowest BCUT2D eigenvalue weighted by Gasteiger charge is -2.11. The van der Waals surface area contributed by atoms with Crippen LogP contribution in [0.25, 0.3) is 11.1 Å². The predicted octanol–water partition coefficient (Wildman–Crippen LogP) is 4.69. The van der Waals surface area contributed by atoms with Crippen LogP contribution in [-0.2, 0) is 18.0 Å². The highest BCUT2D eigenvalue weighted by atomic mass is 16.5. The highest BCUT2D eigenvalue weighted by Gasteiger charge is 2.15. The van der Waals surface area contributed by atoms with E-state index < -0.39 is 5.91 Å². The van der Waals surface area contributed by atoms with E-state index in [-0.39, 0.29) is 18.0 Å². The third-order valence-corrected chi connectivity index (χ3v) is 6.33. The zero-order valence-corrected chi connectivity index (χ0v) is 20.7. The minimum Gasteiger partial charge on any atom is -0.496 e. The molecule has 1 aliphatic carbocycles. The molecule has 35 heavy (non-hydrogen) atoms. The van der Waals surface area contributed by atoms with Gasteiger partial charge in [0.2, 0.25) is 0 Å². The lowest BCUT2D eigenvalue weighted by molar-refractivity contribution is 0.0456. The summed E-state index contributed by atoms with van der Waals surface area (Å²) in [7, 11) is 1.52. The monoisotopic (exact) mass is 477 g/mol. The molecule has 4 rings (SSSR count). The van der Waals surface area contributed by atoms with Gasteiger partial charge in [-0.1, -0.05) is 43.2 Å². The van der Waals surface area contributed by atoms with Gasteiger partial charge in [0.05, 0.1) is 32.0 Å². The number of amides is 1. The van der Waals surface area contributed by atoms with Gasteiger partial charge in [-0.3, -0.25) is 4.79 Å². The SMILES string of the molecule is COc1cc(-c2cnc(N)c(C(N)=O)c2)ccc1CO.Cc1ccc(COC2CCCC2)cc1C. The van der Waals surface area contributed by atoms with Crippen LogP contribution >= 0.6 is 0 Å². The molecule has 0 atom stereocenters. The van der Waals surface area contributed by atoms with Gasteiger partial charge in [0.15, 0.2) is 0 Å². The number of carbonyl (C=O) groups is 1. The number of pyridine rings is 1.